The highest BCUT2D eigenvalue weighted by Gasteiger charge is 2.28. The van der Waals surface area contributed by atoms with Crippen molar-refractivity contribution in [3.8, 4) is 0 Å². The molecule has 33 heavy (non-hydrogen) atoms. The number of carbonyl (C=O) groups excluding carboxylic acids is 3. The van der Waals surface area contributed by atoms with Crippen molar-refractivity contribution in [1.82, 2.24) is 9.21 Å². The van der Waals surface area contributed by atoms with Crippen LogP contribution in [0, 0.1) is 0 Å². The van der Waals surface area contributed by atoms with Crippen molar-refractivity contribution >= 4 is 33.5 Å². The van der Waals surface area contributed by atoms with Gasteiger partial charge in [0.15, 0.2) is 6.10 Å². The van der Waals surface area contributed by atoms with Crippen LogP contribution >= 0.6 is 0 Å². The van der Waals surface area contributed by atoms with Gasteiger partial charge in [-0.3, -0.25) is 9.59 Å². The second-order valence-electron chi connectivity index (χ2n) is 7.71. The number of nitrogens with one attached hydrogen (secondary N) is 1. The maximum absolute atomic E-state index is 12.9. The molecule has 1 fully saturated rings. The van der Waals surface area contributed by atoms with E-state index in [1.54, 1.807) is 0 Å². The molecular weight excluding hydrogens is 448 g/mol. The maximum atomic E-state index is 12.9. The first-order valence-corrected chi connectivity index (χ1v) is 11.7. The molecule has 1 heterocycles. The van der Waals surface area contributed by atoms with Crippen LogP contribution in [0.1, 0.15) is 27.6 Å². The Labute approximate surface area is 192 Å². The summed E-state index contributed by atoms with van der Waals surface area (Å²) in [5, 5.41) is 2.57. The van der Waals surface area contributed by atoms with Crippen molar-refractivity contribution in [3.63, 3.8) is 0 Å². The molecule has 3 N–H and O–H groups in total. The Bertz CT molecular complexity index is 1140. The van der Waals surface area contributed by atoms with Gasteiger partial charge in [-0.2, -0.15) is 4.31 Å². The van der Waals surface area contributed by atoms with Crippen LogP contribution in [0.3, 0.4) is 0 Å². The van der Waals surface area contributed by atoms with Crippen molar-refractivity contribution in [2.45, 2.75) is 17.9 Å². The number of anilines is 1. The lowest BCUT2D eigenvalue weighted by molar-refractivity contribution is -0.123. The molecule has 0 spiro atoms. The molecule has 176 valence electrons. The number of hydrogen-bond donors (Lipinski definition) is 2. The number of rotatable bonds is 7. The van der Waals surface area contributed by atoms with Gasteiger partial charge in [0, 0.05) is 37.4 Å². The molecule has 0 aromatic heterocycles. The smallest absolute Gasteiger partial charge is 0.338 e. The number of likely N-dealkylation sites (N-methyl/N-ethyl adjacent to an activating group) is 1. The summed E-state index contributed by atoms with van der Waals surface area (Å²) < 4.78 is 32.5. The number of piperazine rings is 1. The molecule has 0 bridgehead atoms. The first-order chi connectivity index (χ1) is 15.6. The Hall–Kier alpha value is -3.28. The van der Waals surface area contributed by atoms with E-state index < -0.39 is 33.9 Å². The predicted molar refractivity (Wildman–Crippen MR) is 121 cm³/mol. The summed E-state index contributed by atoms with van der Waals surface area (Å²) in [5.74, 6) is -2.00. The Kier molecular flexibility index (Phi) is 7.46. The number of nitrogens with two attached hydrogens (primary N) is 1. The summed E-state index contributed by atoms with van der Waals surface area (Å²) in [7, 11) is -1.83. The van der Waals surface area contributed by atoms with Crippen LogP contribution in [0.2, 0.25) is 0 Å². The molecule has 0 saturated carbocycles. The van der Waals surface area contributed by atoms with Gasteiger partial charge in [-0.15, -0.1) is 0 Å². The first-order valence-electron chi connectivity index (χ1n) is 10.3. The number of primary amides is 1. The quantitative estimate of drug-likeness (QED) is 0.569. The molecule has 2 aromatic carbocycles. The number of benzene rings is 2. The number of esters is 1. The Morgan fingerprint density at radius 1 is 1.00 bits per heavy atom. The zero-order chi connectivity index (χ0) is 24.2. The molecule has 2 amide bonds. The van der Waals surface area contributed by atoms with Crippen molar-refractivity contribution in [2.24, 2.45) is 5.73 Å². The summed E-state index contributed by atoms with van der Waals surface area (Å²) in [6, 6.07) is 11.5. The normalized spacial score (nSPS) is 16.1. The molecule has 0 radical (unpaired) electrons. The molecule has 1 aliphatic heterocycles. The van der Waals surface area contributed by atoms with Gasteiger partial charge in [-0.1, -0.05) is 6.07 Å². The third-order valence-electron chi connectivity index (χ3n) is 5.26. The molecule has 10 nitrogen and oxygen atoms in total. The van der Waals surface area contributed by atoms with Gasteiger partial charge in [0.25, 0.3) is 5.91 Å². The number of amides is 2. The van der Waals surface area contributed by atoms with Gasteiger partial charge in [-0.25, -0.2) is 13.2 Å². The van der Waals surface area contributed by atoms with Crippen molar-refractivity contribution in [2.75, 3.05) is 38.5 Å². The van der Waals surface area contributed by atoms with E-state index >= 15 is 0 Å². The molecule has 1 aliphatic rings. The van der Waals surface area contributed by atoms with Crippen LogP contribution < -0.4 is 11.1 Å². The average molecular weight is 475 g/mol. The monoisotopic (exact) mass is 474 g/mol. The summed E-state index contributed by atoms with van der Waals surface area (Å²) in [6.45, 7) is 3.38. The topological polar surface area (TPSA) is 139 Å². The highest BCUT2D eigenvalue weighted by Crippen LogP contribution is 2.19. The number of sulfonamides is 1. The minimum atomic E-state index is -3.75. The van der Waals surface area contributed by atoms with Crippen LogP contribution in [0.5, 0.6) is 0 Å². The highest BCUT2D eigenvalue weighted by atomic mass is 32.2. The lowest BCUT2D eigenvalue weighted by Gasteiger charge is -2.31. The molecule has 1 saturated heterocycles. The second-order valence-corrected chi connectivity index (χ2v) is 9.65. The fourth-order valence-corrected chi connectivity index (χ4v) is 4.67. The minimum Gasteiger partial charge on any atom is -0.449 e. The molecule has 1 atom stereocenters. The molecule has 11 heteroatoms. The van der Waals surface area contributed by atoms with Gasteiger partial charge < -0.3 is 20.7 Å². The van der Waals surface area contributed by atoms with E-state index in [0.717, 1.165) is 0 Å². The minimum absolute atomic E-state index is 0.00634. The molecule has 2 aromatic rings. The zero-order valence-electron chi connectivity index (χ0n) is 18.4. The maximum Gasteiger partial charge on any atom is 0.338 e. The van der Waals surface area contributed by atoms with Gasteiger partial charge in [0.05, 0.1) is 10.5 Å². The van der Waals surface area contributed by atoms with E-state index in [1.165, 1.54) is 59.8 Å². The Morgan fingerprint density at radius 3 is 2.24 bits per heavy atom. The summed E-state index contributed by atoms with van der Waals surface area (Å²) in [6.07, 6.45) is -1.15. The molecule has 0 aliphatic carbocycles. The van der Waals surface area contributed by atoms with Crippen LogP contribution in [0.15, 0.2) is 53.4 Å². The van der Waals surface area contributed by atoms with Crippen LogP contribution in [0.25, 0.3) is 0 Å². The zero-order valence-corrected chi connectivity index (χ0v) is 19.2. The molecule has 3 rings (SSSR count). The van der Waals surface area contributed by atoms with Gasteiger partial charge in [0.2, 0.25) is 15.9 Å². The van der Waals surface area contributed by atoms with Gasteiger partial charge >= 0.3 is 5.97 Å². The van der Waals surface area contributed by atoms with Gasteiger partial charge in [0.1, 0.15) is 0 Å². The third-order valence-corrected chi connectivity index (χ3v) is 7.15. The van der Waals surface area contributed by atoms with E-state index in [2.05, 4.69) is 5.32 Å². The van der Waals surface area contributed by atoms with E-state index in [9.17, 15) is 22.8 Å². The standard InChI is InChI=1S/C22H26N4O6S/c1-15(21(28)24-18-8-6-16(7-9-18)20(23)27)32-22(29)17-4-3-5-19(14-17)33(30,31)26-12-10-25(2)11-13-26/h3-9,14-15H,10-13H2,1-2H3,(H2,23,27)(H,24,28)/t15-/m0/s1. The van der Waals surface area contributed by atoms with E-state index in [-0.39, 0.29) is 10.5 Å². The van der Waals surface area contributed by atoms with Crippen LogP contribution in [-0.4, -0.2) is 74.7 Å². The average Bonchev–Trinajstić information content (AvgIpc) is 2.79. The van der Waals surface area contributed by atoms with Crippen molar-refractivity contribution in [3.05, 3.63) is 59.7 Å². The Morgan fingerprint density at radius 2 is 1.64 bits per heavy atom. The van der Waals surface area contributed by atoms with Gasteiger partial charge in [-0.05, 0) is 56.4 Å². The molecule has 0 unspecified atom stereocenters. The predicted octanol–water partition coefficient (Wildman–Crippen LogP) is 0.906. The lowest BCUT2D eigenvalue weighted by Crippen LogP contribution is -2.47. The highest BCUT2D eigenvalue weighted by molar-refractivity contribution is 7.89. The SMILES string of the molecule is C[C@H](OC(=O)c1cccc(S(=O)(=O)N2CCN(C)CC2)c1)C(=O)Nc1ccc(C(N)=O)cc1. The lowest BCUT2D eigenvalue weighted by atomic mass is 10.2. The fourth-order valence-electron chi connectivity index (χ4n) is 3.20. The Balaban J connectivity index is 1.65. The number of nitrogens with zero attached hydrogens (tertiary/aromatic N) is 2. The summed E-state index contributed by atoms with van der Waals surface area (Å²) in [4.78, 5) is 38.1. The summed E-state index contributed by atoms with van der Waals surface area (Å²) in [5.41, 5.74) is 5.89. The first kappa shape index (κ1) is 24.4. The number of carbonyl (C=O) groups is 3. The fraction of sp³-hybridized carbons (Fsp3) is 0.318. The number of hydrogen-bond acceptors (Lipinski definition) is 7. The van der Waals surface area contributed by atoms with E-state index in [4.69, 9.17) is 10.5 Å². The largest absolute Gasteiger partial charge is 0.449 e. The van der Waals surface area contributed by atoms with Crippen molar-refractivity contribution < 1.29 is 27.5 Å². The molecular formula is C22H26N4O6S. The third kappa shape index (κ3) is 5.95. The number of ether oxygens (including phenoxy) is 1. The van der Waals surface area contributed by atoms with Crippen LogP contribution in [-0.2, 0) is 19.6 Å². The van der Waals surface area contributed by atoms with E-state index in [0.29, 0.717) is 37.4 Å². The summed E-state index contributed by atoms with van der Waals surface area (Å²) >= 11 is 0. The van der Waals surface area contributed by atoms with Crippen molar-refractivity contribution in [1.29, 1.82) is 0 Å². The van der Waals surface area contributed by atoms with E-state index in [1.807, 2.05) is 11.9 Å². The second kappa shape index (κ2) is 10.1. The van der Waals surface area contributed by atoms with Crippen LogP contribution in [0.4, 0.5) is 5.69 Å².